The van der Waals surface area contributed by atoms with E-state index < -0.39 is 5.97 Å². The number of halogens is 1. The SMILES string of the molecule is CC1C=CC=C(c2c(C(=O)O)[nH]c3ccc(F)cc23)C1. The number of aromatic carboxylic acids is 1. The molecule has 1 aromatic heterocycles. The van der Waals surface area contributed by atoms with Crippen LogP contribution in [0.4, 0.5) is 4.39 Å². The molecule has 0 saturated heterocycles. The summed E-state index contributed by atoms with van der Waals surface area (Å²) in [5.74, 6) is -1.05. The molecule has 4 heteroatoms. The van der Waals surface area contributed by atoms with Gasteiger partial charge < -0.3 is 10.1 Å². The third-order valence-electron chi connectivity index (χ3n) is 3.57. The van der Waals surface area contributed by atoms with Crippen molar-refractivity contribution in [2.24, 2.45) is 5.92 Å². The van der Waals surface area contributed by atoms with E-state index in [0.717, 1.165) is 12.0 Å². The van der Waals surface area contributed by atoms with Crippen LogP contribution in [-0.2, 0) is 0 Å². The Morgan fingerprint density at radius 2 is 2.25 bits per heavy atom. The topological polar surface area (TPSA) is 53.1 Å². The van der Waals surface area contributed by atoms with Gasteiger partial charge in [-0.1, -0.05) is 25.2 Å². The Hall–Kier alpha value is -2.36. The molecule has 20 heavy (non-hydrogen) atoms. The molecule has 0 saturated carbocycles. The quantitative estimate of drug-likeness (QED) is 0.867. The summed E-state index contributed by atoms with van der Waals surface area (Å²) in [5, 5.41) is 9.98. The average Bonchev–Trinajstić information content (AvgIpc) is 2.77. The fraction of sp³-hybridized carbons (Fsp3) is 0.188. The van der Waals surface area contributed by atoms with E-state index in [1.807, 2.05) is 12.2 Å². The van der Waals surface area contributed by atoms with E-state index in [-0.39, 0.29) is 11.5 Å². The minimum absolute atomic E-state index is 0.124. The Balaban J connectivity index is 2.29. The summed E-state index contributed by atoms with van der Waals surface area (Å²) in [5.41, 5.74) is 2.29. The maximum Gasteiger partial charge on any atom is 0.352 e. The van der Waals surface area contributed by atoms with Crippen LogP contribution in [0.2, 0.25) is 0 Å². The summed E-state index contributed by atoms with van der Waals surface area (Å²) in [6.45, 7) is 2.07. The van der Waals surface area contributed by atoms with E-state index in [4.69, 9.17) is 0 Å². The van der Waals surface area contributed by atoms with Crippen LogP contribution in [0.25, 0.3) is 16.5 Å². The summed E-state index contributed by atoms with van der Waals surface area (Å²) in [4.78, 5) is 14.3. The Morgan fingerprint density at radius 1 is 1.45 bits per heavy atom. The molecule has 1 aliphatic rings. The maximum absolute atomic E-state index is 13.5. The van der Waals surface area contributed by atoms with Gasteiger partial charge in [-0.3, -0.25) is 0 Å². The van der Waals surface area contributed by atoms with Crippen molar-refractivity contribution in [1.82, 2.24) is 4.98 Å². The van der Waals surface area contributed by atoms with Gasteiger partial charge >= 0.3 is 5.97 Å². The van der Waals surface area contributed by atoms with Gasteiger partial charge in [0, 0.05) is 16.5 Å². The highest BCUT2D eigenvalue weighted by Gasteiger charge is 2.22. The highest BCUT2D eigenvalue weighted by atomic mass is 19.1. The maximum atomic E-state index is 13.5. The third-order valence-corrected chi connectivity index (χ3v) is 3.57. The van der Waals surface area contributed by atoms with Gasteiger partial charge in [-0.25, -0.2) is 9.18 Å². The van der Waals surface area contributed by atoms with Gasteiger partial charge in [0.15, 0.2) is 0 Å². The highest BCUT2D eigenvalue weighted by Crippen LogP contribution is 2.35. The molecule has 1 aromatic carbocycles. The molecule has 0 amide bonds. The van der Waals surface area contributed by atoms with Gasteiger partial charge in [-0.05, 0) is 36.1 Å². The summed E-state index contributed by atoms with van der Waals surface area (Å²) in [6, 6.07) is 4.28. The van der Waals surface area contributed by atoms with Gasteiger partial charge in [-0.15, -0.1) is 0 Å². The third kappa shape index (κ3) is 2.03. The molecule has 2 aromatic rings. The second-order valence-electron chi connectivity index (χ2n) is 5.13. The lowest BCUT2D eigenvalue weighted by atomic mass is 9.89. The number of hydrogen-bond donors (Lipinski definition) is 2. The number of fused-ring (bicyclic) bond motifs is 1. The van der Waals surface area contributed by atoms with Crippen molar-refractivity contribution < 1.29 is 14.3 Å². The minimum atomic E-state index is -1.03. The molecule has 0 spiro atoms. The number of carboxylic acid groups (broad SMARTS) is 1. The monoisotopic (exact) mass is 271 g/mol. The molecular weight excluding hydrogens is 257 g/mol. The zero-order chi connectivity index (χ0) is 14.3. The Bertz CT molecular complexity index is 755. The predicted octanol–water partition coefficient (Wildman–Crippen LogP) is 3.98. The van der Waals surface area contributed by atoms with Crippen molar-refractivity contribution in [2.45, 2.75) is 13.3 Å². The van der Waals surface area contributed by atoms with Crippen molar-refractivity contribution in [3.05, 3.63) is 53.5 Å². The van der Waals surface area contributed by atoms with Crippen LogP contribution in [0.1, 0.15) is 29.4 Å². The number of aromatic nitrogens is 1. The minimum Gasteiger partial charge on any atom is -0.477 e. The van der Waals surface area contributed by atoms with Crippen LogP contribution >= 0.6 is 0 Å². The lowest BCUT2D eigenvalue weighted by Gasteiger charge is -2.15. The van der Waals surface area contributed by atoms with E-state index in [1.165, 1.54) is 12.1 Å². The number of nitrogens with one attached hydrogen (secondary N) is 1. The summed E-state index contributed by atoms with van der Waals surface area (Å²) in [7, 11) is 0. The van der Waals surface area contributed by atoms with Crippen molar-refractivity contribution in [2.75, 3.05) is 0 Å². The number of allylic oxidation sites excluding steroid dienone is 4. The number of benzene rings is 1. The molecular formula is C16H14FNO2. The average molecular weight is 271 g/mol. The summed E-state index contributed by atoms with van der Waals surface area (Å²) in [6.07, 6.45) is 6.65. The Morgan fingerprint density at radius 3 is 2.95 bits per heavy atom. The van der Waals surface area contributed by atoms with E-state index in [0.29, 0.717) is 22.4 Å². The summed E-state index contributed by atoms with van der Waals surface area (Å²) < 4.78 is 13.5. The van der Waals surface area contributed by atoms with Crippen molar-refractivity contribution >= 4 is 22.4 Å². The van der Waals surface area contributed by atoms with Crippen molar-refractivity contribution in [3.8, 4) is 0 Å². The van der Waals surface area contributed by atoms with Crippen LogP contribution in [0.15, 0.2) is 36.4 Å². The number of carboxylic acids is 1. The number of aromatic amines is 1. The van der Waals surface area contributed by atoms with Gasteiger partial charge in [0.1, 0.15) is 11.5 Å². The van der Waals surface area contributed by atoms with Gasteiger partial charge in [-0.2, -0.15) is 0 Å². The first kappa shape index (κ1) is 12.7. The Kier molecular flexibility index (Phi) is 2.93. The molecule has 1 aliphatic carbocycles. The van der Waals surface area contributed by atoms with Gasteiger partial charge in [0.25, 0.3) is 0 Å². The molecule has 0 fully saturated rings. The molecule has 1 atom stereocenters. The zero-order valence-corrected chi connectivity index (χ0v) is 11.0. The van der Waals surface area contributed by atoms with E-state index in [2.05, 4.69) is 18.0 Å². The van der Waals surface area contributed by atoms with E-state index in [1.54, 1.807) is 6.07 Å². The first-order valence-corrected chi connectivity index (χ1v) is 6.48. The Labute approximate surface area is 115 Å². The fourth-order valence-corrected chi connectivity index (χ4v) is 2.69. The number of H-pyrrole nitrogens is 1. The first-order valence-electron chi connectivity index (χ1n) is 6.48. The molecule has 3 nitrogen and oxygen atoms in total. The first-order chi connectivity index (χ1) is 9.56. The largest absolute Gasteiger partial charge is 0.477 e. The molecule has 1 unspecified atom stereocenters. The van der Waals surface area contributed by atoms with Crippen molar-refractivity contribution in [3.63, 3.8) is 0 Å². The molecule has 3 rings (SSSR count). The molecule has 102 valence electrons. The predicted molar refractivity (Wildman–Crippen MR) is 76.1 cm³/mol. The normalized spacial score (nSPS) is 18.3. The second kappa shape index (κ2) is 4.63. The zero-order valence-electron chi connectivity index (χ0n) is 11.0. The number of hydrogen-bond acceptors (Lipinski definition) is 1. The lowest BCUT2D eigenvalue weighted by Crippen LogP contribution is -2.04. The van der Waals surface area contributed by atoms with Crippen LogP contribution in [0, 0.1) is 11.7 Å². The van der Waals surface area contributed by atoms with Gasteiger partial charge in [0.05, 0.1) is 0 Å². The van der Waals surface area contributed by atoms with Crippen LogP contribution < -0.4 is 0 Å². The standard InChI is InChI=1S/C16H14FNO2/c1-9-3-2-4-10(7-9)14-12-8-11(17)5-6-13(12)18-15(14)16(19)20/h2-6,8-9,18H,7H2,1H3,(H,19,20). The second-order valence-corrected chi connectivity index (χ2v) is 5.13. The van der Waals surface area contributed by atoms with Crippen molar-refractivity contribution in [1.29, 1.82) is 0 Å². The van der Waals surface area contributed by atoms with Crippen LogP contribution in [-0.4, -0.2) is 16.1 Å². The van der Waals surface area contributed by atoms with E-state index in [9.17, 15) is 14.3 Å². The van der Waals surface area contributed by atoms with Crippen LogP contribution in [0.5, 0.6) is 0 Å². The fourth-order valence-electron chi connectivity index (χ4n) is 2.69. The molecule has 0 aliphatic heterocycles. The number of rotatable bonds is 2. The molecule has 0 bridgehead atoms. The lowest BCUT2D eigenvalue weighted by molar-refractivity contribution is 0.0691. The smallest absolute Gasteiger partial charge is 0.352 e. The summed E-state index contributed by atoms with van der Waals surface area (Å²) >= 11 is 0. The molecule has 0 radical (unpaired) electrons. The molecule has 2 N–H and O–H groups in total. The van der Waals surface area contributed by atoms with Gasteiger partial charge in [0.2, 0.25) is 0 Å². The molecule has 1 heterocycles. The highest BCUT2D eigenvalue weighted by molar-refractivity contribution is 6.04. The van der Waals surface area contributed by atoms with Crippen LogP contribution in [0.3, 0.4) is 0 Å². The van der Waals surface area contributed by atoms with E-state index >= 15 is 0 Å². The number of carbonyl (C=O) groups is 1.